The first-order valence-corrected chi connectivity index (χ1v) is 9.29. The van der Waals surface area contributed by atoms with Crippen molar-refractivity contribution in [3.63, 3.8) is 0 Å². The van der Waals surface area contributed by atoms with E-state index in [0.717, 1.165) is 32.5 Å². The summed E-state index contributed by atoms with van der Waals surface area (Å²) in [4.78, 5) is 26.9. The number of nitrogens with one attached hydrogen (secondary N) is 1. The van der Waals surface area contributed by atoms with Gasteiger partial charge in [0.25, 0.3) is 0 Å². The molecule has 148 valence electrons. The highest BCUT2D eigenvalue weighted by atomic mass is 19.4. The van der Waals surface area contributed by atoms with Gasteiger partial charge in [-0.1, -0.05) is 30.3 Å². The van der Waals surface area contributed by atoms with Crippen LogP contribution in [-0.4, -0.2) is 59.5 Å². The number of carbonyl (C=O) groups excluding carboxylic acids is 2. The number of likely N-dealkylation sites (tertiary alicyclic amines) is 2. The van der Waals surface area contributed by atoms with Gasteiger partial charge in [-0.3, -0.25) is 14.5 Å². The summed E-state index contributed by atoms with van der Waals surface area (Å²) in [6, 6.07) is 9.03. The van der Waals surface area contributed by atoms with Crippen LogP contribution in [0.4, 0.5) is 13.2 Å². The van der Waals surface area contributed by atoms with Crippen molar-refractivity contribution >= 4 is 11.8 Å². The molecule has 2 heterocycles. The van der Waals surface area contributed by atoms with E-state index in [-0.39, 0.29) is 19.0 Å². The molecule has 8 heteroatoms. The quantitative estimate of drug-likeness (QED) is 0.868. The molecule has 0 saturated carbocycles. The second kappa shape index (κ2) is 8.29. The first kappa shape index (κ1) is 19.7. The predicted molar refractivity (Wildman–Crippen MR) is 93.7 cm³/mol. The Kier molecular flexibility index (Phi) is 6.04. The summed E-state index contributed by atoms with van der Waals surface area (Å²) in [7, 11) is 0. The van der Waals surface area contributed by atoms with Crippen molar-refractivity contribution in [1.29, 1.82) is 0 Å². The third kappa shape index (κ3) is 5.00. The van der Waals surface area contributed by atoms with E-state index in [1.807, 2.05) is 18.2 Å². The van der Waals surface area contributed by atoms with E-state index >= 15 is 0 Å². The Bertz CT molecular complexity index is 658. The first-order chi connectivity index (χ1) is 12.8. The molecule has 2 saturated heterocycles. The lowest BCUT2D eigenvalue weighted by molar-refractivity contribution is -0.186. The molecule has 3 rings (SSSR count). The van der Waals surface area contributed by atoms with Gasteiger partial charge >= 0.3 is 12.1 Å². The van der Waals surface area contributed by atoms with E-state index < -0.39 is 24.0 Å². The fourth-order valence-electron chi connectivity index (χ4n) is 3.82. The number of alkyl halides is 3. The summed E-state index contributed by atoms with van der Waals surface area (Å²) in [6.45, 7) is 2.45. The first-order valence-electron chi connectivity index (χ1n) is 9.29. The van der Waals surface area contributed by atoms with Gasteiger partial charge < -0.3 is 10.2 Å². The molecule has 1 aromatic rings. The molecular formula is C19H24F3N3O2. The fourth-order valence-corrected chi connectivity index (χ4v) is 3.82. The van der Waals surface area contributed by atoms with Crippen molar-refractivity contribution in [1.82, 2.24) is 15.1 Å². The monoisotopic (exact) mass is 383 g/mol. The zero-order chi connectivity index (χ0) is 19.4. The van der Waals surface area contributed by atoms with Crippen LogP contribution in [0, 0.1) is 0 Å². The minimum Gasteiger partial charge on any atom is -0.351 e. The molecule has 2 aliphatic rings. The van der Waals surface area contributed by atoms with Crippen LogP contribution in [0.2, 0.25) is 0 Å². The highest BCUT2D eigenvalue weighted by Gasteiger charge is 2.47. The summed E-state index contributed by atoms with van der Waals surface area (Å²) < 4.78 is 38.1. The summed E-state index contributed by atoms with van der Waals surface area (Å²) >= 11 is 0. The third-order valence-electron chi connectivity index (χ3n) is 5.24. The number of amides is 2. The summed E-state index contributed by atoms with van der Waals surface area (Å²) in [5.41, 5.74) is 1.23. The highest BCUT2D eigenvalue weighted by molar-refractivity contribution is 5.90. The molecule has 2 fully saturated rings. The molecular weight excluding hydrogens is 359 g/mol. The minimum atomic E-state index is -4.94. The molecule has 1 aromatic carbocycles. The van der Waals surface area contributed by atoms with Crippen molar-refractivity contribution < 1.29 is 22.8 Å². The van der Waals surface area contributed by atoms with Gasteiger partial charge in [0, 0.05) is 32.2 Å². The second-order valence-electron chi connectivity index (χ2n) is 7.20. The topological polar surface area (TPSA) is 52.7 Å². The number of hydrogen-bond acceptors (Lipinski definition) is 3. The van der Waals surface area contributed by atoms with Crippen LogP contribution in [0.25, 0.3) is 0 Å². The van der Waals surface area contributed by atoms with Gasteiger partial charge in [-0.2, -0.15) is 13.2 Å². The maximum absolute atomic E-state index is 12.7. The van der Waals surface area contributed by atoms with Crippen LogP contribution in [0.1, 0.15) is 31.2 Å². The van der Waals surface area contributed by atoms with E-state index in [1.54, 1.807) is 0 Å². The smallest absolute Gasteiger partial charge is 0.351 e. The van der Waals surface area contributed by atoms with Crippen LogP contribution in [0.3, 0.4) is 0 Å². The Balaban J connectivity index is 1.48. The van der Waals surface area contributed by atoms with E-state index in [4.69, 9.17) is 0 Å². The molecule has 1 N–H and O–H groups in total. The van der Waals surface area contributed by atoms with Crippen LogP contribution in [-0.2, 0) is 16.1 Å². The Morgan fingerprint density at radius 1 is 1.04 bits per heavy atom. The largest absolute Gasteiger partial charge is 0.471 e. The lowest BCUT2D eigenvalue weighted by atomic mass is 10.0. The lowest BCUT2D eigenvalue weighted by Crippen LogP contribution is -2.53. The molecule has 27 heavy (non-hydrogen) atoms. The maximum Gasteiger partial charge on any atom is 0.471 e. The fraction of sp³-hybridized carbons (Fsp3) is 0.579. The van der Waals surface area contributed by atoms with Gasteiger partial charge in [0.05, 0.1) is 0 Å². The van der Waals surface area contributed by atoms with Crippen molar-refractivity contribution in [2.45, 2.75) is 50.5 Å². The van der Waals surface area contributed by atoms with Crippen molar-refractivity contribution in [2.75, 3.05) is 19.6 Å². The molecule has 0 aliphatic carbocycles. The van der Waals surface area contributed by atoms with E-state index in [9.17, 15) is 22.8 Å². The van der Waals surface area contributed by atoms with Gasteiger partial charge in [0.1, 0.15) is 6.04 Å². The maximum atomic E-state index is 12.7. The molecule has 2 amide bonds. The number of carbonyl (C=O) groups is 2. The minimum absolute atomic E-state index is 0.0219. The molecule has 0 radical (unpaired) electrons. The number of rotatable bonds is 4. The lowest BCUT2D eigenvalue weighted by Gasteiger charge is -2.33. The van der Waals surface area contributed by atoms with Crippen LogP contribution in [0.15, 0.2) is 30.3 Å². The molecule has 1 unspecified atom stereocenters. The highest BCUT2D eigenvalue weighted by Crippen LogP contribution is 2.26. The van der Waals surface area contributed by atoms with E-state index in [1.165, 1.54) is 5.56 Å². The predicted octanol–water partition coefficient (Wildman–Crippen LogP) is 2.32. The molecule has 1 atom stereocenters. The van der Waals surface area contributed by atoms with Gasteiger partial charge in [-0.15, -0.1) is 0 Å². The molecule has 0 spiro atoms. The Labute approximate surface area is 156 Å². The summed E-state index contributed by atoms with van der Waals surface area (Å²) in [6.07, 6.45) is -2.75. The number of hydrogen-bond donors (Lipinski definition) is 1. The summed E-state index contributed by atoms with van der Waals surface area (Å²) in [5, 5.41) is 2.85. The van der Waals surface area contributed by atoms with Crippen molar-refractivity contribution in [3.05, 3.63) is 35.9 Å². The van der Waals surface area contributed by atoms with Gasteiger partial charge in [0.15, 0.2) is 0 Å². The van der Waals surface area contributed by atoms with Crippen LogP contribution < -0.4 is 5.32 Å². The zero-order valence-electron chi connectivity index (χ0n) is 15.0. The Morgan fingerprint density at radius 2 is 1.70 bits per heavy atom. The zero-order valence-corrected chi connectivity index (χ0v) is 15.0. The Morgan fingerprint density at radius 3 is 2.33 bits per heavy atom. The number of nitrogens with zero attached hydrogens (tertiary/aromatic N) is 2. The van der Waals surface area contributed by atoms with Gasteiger partial charge in [0.2, 0.25) is 5.91 Å². The van der Waals surface area contributed by atoms with Crippen LogP contribution in [0.5, 0.6) is 0 Å². The normalized spacial score (nSPS) is 22.0. The second-order valence-corrected chi connectivity index (χ2v) is 7.20. The van der Waals surface area contributed by atoms with Crippen molar-refractivity contribution in [2.24, 2.45) is 0 Å². The van der Waals surface area contributed by atoms with E-state index in [2.05, 4.69) is 22.3 Å². The molecule has 0 aromatic heterocycles. The number of piperidine rings is 1. The number of halogens is 3. The molecule has 0 bridgehead atoms. The average Bonchev–Trinajstić information content (AvgIpc) is 3.12. The van der Waals surface area contributed by atoms with Crippen LogP contribution >= 0.6 is 0 Å². The van der Waals surface area contributed by atoms with Gasteiger partial charge in [-0.25, -0.2) is 0 Å². The molecule has 2 aliphatic heterocycles. The average molecular weight is 383 g/mol. The third-order valence-corrected chi connectivity index (χ3v) is 5.24. The summed E-state index contributed by atoms with van der Waals surface area (Å²) in [5.74, 6) is -2.38. The molecule has 5 nitrogen and oxygen atoms in total. The van der Waals surface area contributed by atoms with Crippen molar-refractivity contribution in [3.8, 4) is 0 Å². The number of benzene rings is 1. The standard InChI is InChI=1S/C19H24F3N3O2/c20-19(21,22)18(27)25-10-4-7-16(25)17(26)23-15-8-11-24(12-9-15)13-14-5-2-1-3-6-14/h1-3,5-6,15-16H,4,7-13H2,(H,23,26). The Hall–Kier alpha value is -2.09. The van der Waals surface area contributed by atoms with E-state index in [0.29, 0.717) is 11.3 Å². The SMILES string of the molecule is O=C(NC1CCN(Cc2ccccc2)CC1)C1CCCN1C(=O)C(F)(F)F. The van der Waals surface area contributed by atoms with Gasteiger partial charge in [-0.05, 0) is 31.2 Å².